The summed E-state index contributed by atoms with van der Waals surface area (Å²) in [6, 6.07) is 5.27. The standard InChI is InChI=1S/C24H29ClN6O3/c25-21-9-16(1-2-17(21)15-32)11-27-22-20(23(33)26-3-4-30-5-7-34-8-6-30)12-28-24(29-22)31-13-18-10-19(18)14-31/h1-2,9,12,15,18-19H,3-8,10-11,13-14H2,(H,26,33)(H,27,28,29). The van der Waals surface area contributed by atoms with Gasteiger partial charge in [-0.15, -0.1) is 0 Å². The van der Waals surface area contributed by atoms with Crippen molar-refractivity contribution in [2.75, 3.05) is 62.7 Å². The highest BCUT2D eigenvalue weighted by atomic mass is 35.5. The summed E-state index contributed by atoms with van der Waals surface area (Å²) in [5.74, 6) is 2.43. The van der Waals surface area contributed by atoms with Crippen molar-refractivity contribution < 1.29 is 14.3 Å². The predicted octanol–water partition coefficient (Wildman–Crippen LogP) is 2.07. The summed E-state index contributed by atoms with van der Waals surface area (Å²) in [5, 5.41) is 6.68. The van der Waals surface area contributed by atoms with E-state index in [9.17, 15) is 9.59 Å². The maximum absolute atomic E-state index is 13.0. The Kier molecular flexibility index (Phi) is 6.94. The van der Waals surface area contributed by atoms with E-state index >= 15 is 0 Å². The lowest BCUT2D eigenvalue weighted by Gasteiger charge is -2.26. The lowest BCUT2D eigenvalue weighted by Crippen LogP contribution is -2.41. The number of ether oxygens (including phenoxy) is 1. The molecule has 1 saturated carbocycles. The van der Waals surface area contributed by atoms with E-state index in [-0.39, 0.29) is 5.91 Å². The van der Waals surface area contributed by atoms with Gasteiger partial charge in [-0.05, 0) is 36.0 Å². The second kappa shape index (κ2) is 10.2. The van der Waals surface area contributed by atoms with E-state index in [1.165, 1.54) is 6.42 Å². The third-order valence-electron chi connectivity index (χ3n) is 6.75. The fraction of sp³-hybridized carbons (Fsp3) is 0.500. The van der Waals surface area contributed by atoms with Crippen LogP contribution in [0.3, 0.4) is 0 Å². The number of benzene rings is 1. The largest absolute Gasteiger partial charge is 0.379 e. The molecule has 2 N–H and O–H groups in total. The van der Waals surface area contributed by atoms with Gasteiger partial charge in [0.2, 0.25) is 5.95 Å². The molecule has 2 atom stereocenters. The Balaban J connectivity index is 1.28. The maximum Gasteiger partial charge on any atom is 0.256 e. The Hall–Kier alpha value is -2.75. The van der Waals surface area contributed by atoms with Gasteiger partial charge in [0.25, 0.3) is 5.91 Å². The minimum atomic E-state index is -0.207. The molecule has 1 aromatic heterocycles. The number of anilines is 2. The number of morpholine rings is 1. The van der Waals surface area contributed by atoms with Gasteiger partial charge in [-0.2, -0.15) is 4.98 Å². The number of fused-ring (bicyclic) bond motifs is 1. The number of carbonyl (C=O) groups is 2. The summed E-state index contributed by atoms with van der Waals surface area (Å²) in [6.45, 7) is 6.88. The van der Waals surface area contributed by atoms with Crippen molar-refractivity contribution >= 4 is 35.6 Å². The van der Waals surface area contributed by atoms with Crippen molar-refractivity contribution in [2.45, 2.75) is 13.0 Å². The number of aromatic nitrogens is 2. The normalized spacial score (nSPS) is 21.7. The molecule has 1 amide bonds. The number of nitrogens with zero attached hydrogens (tertiary/aromatic N) is 4. The Labute approximate surface area is 203 Å². The van der Waals surface area contributed by atoms with Crippen molar-refractivity contribution in [3.8, 4) is 0 Å². The number of nitrogens with one attached hydrogen (secondary N) is 2. The molecule has 3 heterocycles. The molecule has 10 heteroatoms. The molecule has 34 heavy (non-hydrogen) atoms. The first-order chi connectivity index (χ1) is 16.6. The van der Waals surface area contributed by atoms with Crippen LogP contribution in [0.25, 0.3) is 0 Å². The van der Waals surface area contributed by atoms with E-state index in [0.29, 0.717) is 41.0 Å². The van der Waals surface area contributed by atoms with Crippen LogP contribution in [0.1, 0.15) is 32.7 Å². The molecule has 3 fully saturated rings. The van der Waals surface area contributed by atoms with Crippen LogP contribution in [0.5, 0.6) is 0 Å². The molecule has 5 rings (SSSR count). The average molecular weight is 485 g/mol. The van der Waals surface area contributed by atoms with E-state index in [4.69, 9.17) is 21.3 Å². The molecular formula is C24H29ClN6O3. The second-order valence-corrected chi connectivity index (χ2v) is 9.54. The summed E-state index contributed by atoms with van der Waals surface area (Å²) in [4.78, 5) is 37.7. The highest BCUT2D eigenvalue weighted by molar-refractivity contribution is 6.33. The van der Waals surface area contributed by atoms with Gasteiger partial charge >= 0.3 is 0 Å². The third-order valence-corrected chi connectivity index (χ3v) is 7.08. The lowest BCUT2D eigenvalue weighted by molar-refractivity contribution is 0.0383. The predicted molar refractivity (Wildman–Crippen MR) is 130 cm³/mol. The van der Waals surface area contributed by atoms with Crippen LogP contribution in [-0.2, 0) is 11.3 Å². The zero-order chi connectivity index (χ0) is 23.5. The highest BCUT2D eigenvalue weighted by Crippen LogP contribution is 2.45. The smallest absolute Gasteiger partial charge is 0.256 e. The molecule has 0 radical (unpaired) electrons. The number of carbonyl (C=O) groups excluding carboxylic acids is 2. The Morgan fingerprint density at radius 3 is 2.76 bits per heavy atom. The molecule has 9 nitrogen and oxygen atoms in total. The molecule has 2 aromatic rings. The van der Waals surface area contributed by atoms with E-state index in [1.807, 2.05) is 6.07 Å². The maximum atomic E-state index is 13.0. The third kappa shape index (κ3) is 5.32. The summed E-state index contributed by atoms with van der Waals surface area (Å²) in [6.07, 6.45) is 3.64. The van der Waals surface area contributed by atoms with E-state index in [2.05, 4.69) is 25.4 Å². The number of halogens is 1. The van der Waals surface area contributed by atoms with Crippen LogP contribution in [0.4, 0.5) is 11.8 Å². The number of hydrogen-bond donors (Lipinski definition) is 2. The number of piperidine rings is 1. The van der Waals surface area contributed by atoms with E-state index < -0.39 is 0 Å². The van der Waals surface area contributed by atoms with Gasteiger partial charge in [0, 0.05) is 57.6 Å². The molecule has 3 aliphatic rings. The van der Waals surface area contributed by atoms with Crippen LogP contribution in [-0.4, -0.2) is 79.5 Å². The Bertz CT molecular complexity index is 1050. The van der Waals surface area contributed by atoms with Crippen molar-refractivity contribution in [3.63, 3.8) is 0 Å². The van der Waals surface area contributed by atoms with Crippen molar-refractivity contribution in [3.05, 3.63) is 46.1 Å². The second-order valence-electron chi connectivity index (χ2n) is 9.13. The zero-order valence-electron chi connectivity index (χ0n) is 19.0. The zero-order valence-corrected chi connectivity index (χ0v) is 19.8. The number of amides is 1. The fourth-order valence-electron chi connectivity index (χ4n) is 4.60. The minimum absolute atomic E-state index is 0.207. The van der Waals surface area contributed by atoms with Crippen molar-refractivity contribution in [1.29, 1.82) is 0 Å². The summed E-state index contributed by atoms with van der Waals surface area (Å²) in [7, 11) is 0. The Morgan fingerprint density at radius 2 is 2.03 bits per heavy atom. The lowest BCUT2D eigenvalue weighted by atomic mass is 10.1. The van der Waals surface area contributed by atoms with Gasteiger partial charge in [0.15, 0.2) is 6.29 Å². The summed E-state index contributed by atoms with van der Waals surface area (Å²) in [5.41, 5.74) is 1.74. The fourth-order valence-corrected chi connectivity index (χ4v) is 4.84. The molecule has 0 bridgehead atoms. The van der Waals surface area contributed by atoms with Crippen LogP contribution < -0.4 is 15.5 Å². The summed E-state index contributed by atoms with van der Waals surface area (Å²) >= 11 is 6.18. The van der Waals surface area contributed by atoms with Crippen LogP contribution in [0.2, 0.25) is 5.02 Å². The average Bonchev–Trinajstić information content (AvgIpc) is 3.47. The van der Waals surface area contributed by atoms with Gasteiger partial charge in [-0.25, -0.2) is 4.98 Å². The van der Waals surface area contributed by atoms with Crippen LogP contribution in [0.15, 0.2) is 24.4 Å². The first-order valence-corrected chi connectivity index (χ1v) is 12.2. The highest BCUT2D eigenvalue weighted by Gasteiger charge is 2.45. The molecule has 2 saturated heterocycles. The molecule has 180 valence electrons. The number of aldehydes is 1. The molecule has 0 spiro atoms. The van der Waals surface area contributed by atoms with Crippen LogP contribution >= 0.6 is 11.6 Å². The molecule has 2 unspecified atom stereocenters. The van der Waals surface area contributed by atoms with Crippen molar-refractivity contribution in [2.24, 2.45) is 11.8 Å². The Morgan fingerprint density at radius 1 is 1.24 bits per heavy atom. The van der Waals surface area contributed by atoms with Gasteiger partial charge < -0.3 is 20.3 Å². The quantitative estimate of drug-likeness (QED) is 0.522. The molecule has 2 aliphatic heterocycles. The first kappa shape index (κ1) is 23.0. The number of rotatable bonds is 9. The SMILES string of the molecule is O=Cc1ccc(CNc2nc(N3CC4CC4C3)ncc2C(=O)NCCN2CCOCC2)cc1Cl. The molecule has 1 aromatic carbocycles. The van der Waals surface area contributed by atoms with Gasteiger partial charge in [-0.1, -0.05) is 17.7 Å². The van der Waals surface area contributed by atoms with E-state index in [1.54, 1.807) is 18.3 Å². The molecular weight excluding hydrogens is 456 g/mol. The topological polar surface area (TPSA) is 99.7 Å². The summed E-state index contributed by atoms with van der Waals surface area (Å²) < 4.78 is 5.38. The van der Waals surface area contributed by atoms with Gasteiger partial charge in [0.1, 0.15) is 11.4 Å². The van der Waals surface area contributed by atoms with Crippen LogP contribution in [0, 0.1) is 11.8 Å². The molecule has 1 aliphatic carbocycles. The van der Waals surface area contributed by atoms with E-state index in [0.717, 1.165) is 69.6 Å². The van der Waals surface area contributed by atoms with Crippen molar-refractivity contribution in [1.82, 2.24) is 20.2 Å². The first-order valence-electron chi connectivity index (χ1n) is 11.8. The van der Waals surface area contributed by atoms with Gasteiger partial charge in [0.05, 0.1) is 18.2 Å². The monoisotopic (exact) mass is 484 g/mol. The number of hydrogen-bond acceptors (Lipinski definition) is 8. The minimum Gasteiger partial charge on any atom is -0.379 e. The van der Waals surface area contributed by atoms with Gasteiger partial charge in [-0.3, -0.25) is 14.5 Å².